The molecule has 3 aromatic carbocycles. The van der Waals surface area contributed by atoms with E-state index in [1.54, 1.807) is 23.1 Å². The average molecular weight is 582 g/mol. The molecule has 1 unspecified atom stereocenters. The Balaban J connectivity index is 1.59. The highest BCUT2D eigenvalue weighted by atomic mass is 19.1. The minimum Gasteiger partial charge on any atom is -0.495 e. The highest BCUT2D eigenvalue weighted by molar-refractivity contribution is 6.02. The third-order valence-electron chi connectivity index (χ3n) is 7.40. The first-order valence-electron chi connectivity index (χ1n) is 13.1. The average Bonchev–Trinajstić information content (AvgIpc) is 3.01. The van der Waals surface area contributed by atoms with Gasteiger partial charge in [-0.25, -0.2) is 13.8 Å². The van der Waals surface area contributed by atoms with E-state index in [-0.39, 0.29) is 23.5 Å². The van der Waals surface area contributed by atoms with Crippen LogP contribution in [0.5, 0.6) is 11.5 Å². The number of para-hydroxylation sites is 1. The lowest BCUT2D eigenvalue weighted by Gasteiger charge is -2.45. The van der Waals surface area contributed by atoms with Crippen LogP contribution in [0.3, 0.4) is 0 Å². The Hall–Kier alpha value is -4.94. The summed E-state index contributed by atoms with van der Waals surface area (Å²) in [6.45, 7) is 1.83. The number of nitro groups is 1. The number of carbonyl (C=O) groups is 1. The van der Waals surface area contributed by atoms with Crippen molar-refractivity contribution in [3.05, 3.63) is 81.9 Å². The number of anilines is 2. The minimum absolute atomic E-state index is 0.0766. The molecular weight excluding hydrogens is 552 g/mol. The van der Waals surface area contributed by atoms with Gasteiger partial charge in [-0.15, -0.1) is 0 Å². The van der Waals surface area contributed by atoms with Gasteiger partial charge in [0.2, 0.25) is 5.96 Å². The molecule has 0 aromatic heterocycles. The van der Waals surface area contributed by atoms with Crippen molar-refractivity contribution in [3.63, 3.8) is 0 Å². The van der Waals surface area contributed by atoms with E-state index >= 15 is 4.39 Å². The number of hydrogen-bond donors (Lipinski definition) is 0. The van der Waals surface area contributed by atoms with Crippen molar-refractivity contribution in [2.45, 2.75) is 12.5 Å². The summed E-state index contributed by atoms with van der Waals surface area (Å²) in [7, 11) is 4.10. The molecule has 2 aliphatic heterocycles. The maximum Gasteiger partial charge on any atom is 0.307 e. The van der Waals surface area contributed by atoms with Gasteiger partial charge >= 0.3 is 5.97 Å². The summed E-state index contributed by atoms with van der Waals surface area (Å²) in [6.07, 6.45) is -0.187. The summed E-state index contributed by atoms with van der Waals surface area (Å²) in [5.41, 5.74) is 1.38. The summed E-state index contributed by atoms with van der Waals surface area (Å²) < 4.78 is 44.9. The second-order valence-electron chi connectivity index (χ2n) is 9.66. The summed E-state index contributed by atoms with van der Waals surface area (Å²) in [5.74, 6) is -0.844. The number of nitro benzene ring substituents is 1. The topological polar surface area (TPSA) is 110 Å². The van der Waals surface area contributed by atoms with Crippen LogP contribution in [0, 0.1) is 21.7 Å². The van der Waals surface area contributed by atoms with Crippen molar-refractivity contribution in [2.75, 3.05) is 57.3 Å². The molecule has 1 fully saturated rings. The second-order valence-corrected chi connectivity index (χ2v) is 9.66. The van der Waals surface area contributed by atoms with Crippen molar-refractivity contribution < 1.29 is 32.7 Å². The fourth-order valence-corrected chi connectivity index (χ4v) is 5.28. The molecule has 3 aromatic rings. The van der Waals surface area contributed by atoms with Crippen LogP contribution in [-0.2, 0) is 9.53 Å². The molecule has 11 nitrogen and oxygen atoms in total. The lowest BCUT2D eigenvalue weighted by molar-refractivity contribution is -0.384. The maximum atomic E-state index is 15.2. The fraction of sp³-hybridized carbons (Fsp3) is 0.310. The van der Waals surface area contributed by atoms with Gasteiger partial charge < -0.3 is 28.9 Å². The maximum absolute atomic E-state index is 15.2. The molecule has 2 aliphatic rings. The largest absolute Gasteiger partial charge is 0.495 e. The Morgan fingerprint density at radius 1 is 0.952 bits per heavy atom. The summed E-state index contributed by atoms with van der Waals surface area (Å²) in [5, 5.41) is 11.7. The number of methoxy groups -OCH3 is 3. The molecule has 220 valence electrons. The van der Waals surface area contributed by atoms with Crippen LogP contribution >= 0.6 is 0 Å². The fourth-order valence-electron chi connectivity index (χ4n) is 5.28. The Kier molecular flexibility index (Phi) is 8.09. The lowest BCUT2D eigenvalue weighted by atomic mass is 9.97. The number of hydrogen-bond acceptors (Lipinski definition) is 10. The predicted molar refractivity (Wildman–Crippen MR) is 152 cm³/mol. The summed E-state index contributed by atoms with van der Waals surface area (Å²) in [4.78, 5) is 34.3. The molecule has 0 N–H and O–H groups in total. The molecule has 2 heterocycles. The molecule has 0 spiro atoms. The van der Waals surface area contributed by atoms with Crippen LogP contribution in [0.2, 0.25) is 0 Å². The highest BCUT2D eigenvalue weighted by Gasteiger charge is 2.39. The number of ether oxygens (including phenoxy) is 3. The molecule has 42 heavy (non-hydrogen) atoms. The standard InChI is InChI=1S/C29H29F2N5O6/c1-40-25-10-8-19(36(38)39)15-24(25)35-23(17-27(37)42-3)20-5-4-6-22(31)28(20)32-29(35)34-13-11-33(12-14-34)18-7-9-21(30)26(16-18)41-2/h4-10,15-16,23H,11-14,17H2,1-3H3. The van der Waals surface area contributed by atoms with Gasteiger partial charge in [0.05, 0.1) is 44.4 Å². The van der Waals surface area contributed by atoms with E-state index in [0.29, 0.717) is 49.1 Å². The Labute approximate surface area is 240 Å². The van der Waals surface area contributed by atoms with Crippen molar-refractivity contribution in [2.24, 2.45) is 4.99 Å². The van der Waals surface area contributed by atoms with E-state index < -0.39 is 28.6 Å². The molecule has 5 rings (SSSR count). The number of nitrogens with zero attached hydrogens (tertiary/aromatic N) is 5. The first-order chi connectivity index (χ1) is 20.2. The normalized spacial score (nSPS) is 16.5. The third kappa shape index (κ3) is 5.37. The van der Waals surface area contributed by atoms with Crippen molar-refractivity contribution in [3.8, 4) is 11.5 Å². The number of carbonyl (C=O) groups excluding carboxylic acids is 1. The van der Waals surface area contributed by atoms with Crippen LogP contribution in [0.4, 0.5) is 31.5 Å². The van der Waals surface area contributed by atoms with Gasteiger partial charge in [0.15, 0.2) is 11.6 Å². The molecule has 0 amide bonds. The van der Waals surface area contributed by atoms with E-state index in [9.17, 15) is 19.3 Å². The summed E-state index contributed by atoms with van der Waals surface area (Å²) in [6, 6.07) is 12.5. The van der Waals surface area contributed by atoms with Crippen molar-refractivity contribution >= 4 is 34.7 Å². The van der Waals surface area contributed by atoms with Gasteiger partial charge in [0, 0.05) is 55.6 Å². The van der Waals surface area contributed by atoms with Crippen LogP contribution < -0.4 is 19.3 Å². The van der Waals surface area contributed by atoms with E-state index in [1.165, 1.54) is 57.7 Å². The smallest absolute Gasteiger partial charge is 0.307 e. The molecule has 0 bridgehead atoms. The summed E-state index contributed by atoms with van der Waals surface area (Å²) >= 11 is 0. The number of piperazine rings is 1. The molecule has 13 heteroatoms. The molecular formula is C29H29F2N5O6. The zero-order valence-electron chi connectivity index (χ0n) is 23.3. The number of esters is 1. The molecule has 1 saturated heterocycles. The van der Waals surface area contributed by atoms with Gasteiger partial charge in [-0.2, -0.15) is 0 Å². The number of fused-ring (bicyclic) bond motifs is 1. The van der Waals surface area contributed by atoms with E-state index in [4.69, 9.17) is 19.2 Å². The van der Waals surface area contributed by atoms with Gasteiger partial charge in [0.25, 0.3) is 5.69 Å². The second kappa shape index (κ2) is 11.9. The van der Waals surface area contributed by atoms with Gasteiger partial charge in [-0.1, -0.05) is 12.1 Å². The van der Waals surface area contributed by atoms with Crippen LogP contribution in [0.1, 0.15) is 18.0 Å². The zero-order chi connectivity index (χ0) is 30.0. The van der Waals surface area contributed by atoms with Gasteiger partial charge in [-0.05, 0) is 24.3 Å². The first-order valence-corrected chi connectivity index (χ1v) is 13.1. The number of guanidine groups is 1. The molecule has 0 saturated carbocycles. The number of benzene rings is 3. The third-order valence-corrected chi connectivity index (χ3v) is 7.40. The number of aliphatic imine (C=N–C) groups is 1. The number of non-ortho nitro benzene ring substituents is 1. The number of rotatable bonds is 7. The Bertz CT molecular complexity index is 1540. The number of halogens is 2. The molecule has 1 atom stereocenters. The van der Waals surface area contributed by atoms with Crippen LogP contribution in [-0.4, -0.2) is 69.3 Å². The van der Waals surface area contributed by atoms with Gasteiger partial charge in [0.1, 0.15) is 17.3 Å². The van der Waals surface area contributed by atoms with Crippen LogP contribution in [0.15, 0.2) is 59.6 Å². The molecule has 0 radical (unpaired) electrons. The zero-order valence-corrected chi connectivity index (χ0v) is 23.3. The van der Waals surface area contributed by atoms with E-state index in [0.717, 1.165) is 5.69 Å². The predicted octanol–water partition coefficient (Wildman–Crippen LogP) is 4.82. The first kappa shape index (κ1) is 28.6. The SMILES string of the molecule is COC(=O)CC1c2cccc(F)c2N=C(N2CCN(c3ccc(F)c(OC)c3)CC2)N1c1cc([N+](=O)[O-])ccc1OC. The van der Waals surface area contributed by atoms with Crippen LogP contribution in [0.25, 0.3) is 0 Å². The van der Waals surface area contributed by atoms with E-state index in [1.807, 2.05) is 4.90 Å². The van der Waals surface area contributed by atoms with E-state index in [2.05, 4.69) is 4.90 Å². The van der Waals surface area contributed by atoms with Crippen molar-refractivity contribution in [1.82, 2.24) is 4.90 Å². The van der Waals surface area contributed by atoms with Gasteiger partial charge in [-0.3, -0.25) is 14.9 Å². The molecule has 0 aliphatic carbocycles. The minimum atomic E-state index is -0.814. The Morgan fingerprint density at radius 2 is 1.67 bits per heavy atom. The quantitative estimate of drug-likeness (QED) is 0.220. The monoisotopic (exact) mass is 581 g/mol. The Morgan fingerprint density at radius 3 is 2.33 bits per heavy atom. The highest BCUT2D eigenvalue weighted by Crippen LogP contribution is 2.45. The lowest BCUT2D eigenvalue weighted by Crippen LogP contribution is -2.55. The van der Waals surface area contributed by atoms with Crippen molar-refractivity contribution in [1.29, 1.82) is 0 Å².